The van der Waals surface area contributed by atoms with Gasteiger partial charge in [-0.2, -0.15) is 4.31 Å². The van der Waals surface area contributed by atoms with Crippen molar-refractivity contribution in [2.24, 2.45) is 11.8 Å². The SMILES string of the molecule is Cc1cc(S(=O)(=O)N2CC3CNCC3C2)ccc1Br. The van der Waals surface area contributed by atoms with Gasteiger partial charge in [-0.15, -0.1) is 0 Å². The fourth-order valence-corrected chi connectivity index (χ4v) is 4.82. The molecule has 2 saturated heterocycles. The van der Waals surface area contributed by atoms with Gasteiger partial charge < -0.3 is 5.32 Å². The second kappa shape index (κ2) is 4.84. The normalized spacial score (nSPS) is 27.7. The van der Waals surface area contributed by atoms with Gasteiger partial charge in [0, 0.05) is 17.6 Å². The third-order valence-electron chi connectivity index (χ3n) is 4.12. The lowest BCUT2D eigenvalue weighted by Crippen LogP contribution is -2.32. The van der Waals surface area contributed by atoms with Crippen LogP contribution in [0.25, 0.3) is 0 Å². The molecule has 2 aliphatic rings. The highest BCUT2D eigenvalue weighted by Gasteiger charge is 2.41. The summed E-state index contributed by atoms with van der Waals surface area (Å²) >= 11 is 3.40. The number of sulfonamides is 1. The van der Waals surface area contributed by atoms with E-state index < -0.39 is 10.0 Å². The van der Waals surface area contributed by atoms with E-state index in [1.165, 1.54) is 0 Å². The second-order valence-electron chi connectivity index (χ2n) is 5.41. The fourth-order valence-electron chi connectivity index (χ4n) is 2.94. The quantitative estimate of drug-likeness (QED) is 0.886. The van der Waals surface area contributed by atoms with Gasteiger partial charge in [0.05, 0.1) is 4.90 Å². The molecule has 2 atom stereocenters. The zero-order valence-electron chi connectivity index (χ0n) is 10.8. The predicted molar refractivity (Wildman–Crippen MR) is 77.5 cm³/mol. The number of nitrogens with zero attached hydrogens (tertiary/aromatic N) is 1. The number of rotatable bonds is 2. The molecule has 0 spiro atoms. The number of fused-ring (bicyclic) bond motifs is 1. The van der Waals surface area contributed by atoms with Crippen LogP contribution in [0.15, 0.2) is 27.6 Å². The summed E-state index contributed by atoms with van der Waals surface area (Å²) in [6, 6.07) is 5.23. The molecule has 2 heterocycles. The van der Waals surface area contributed by atoms with Gasteiger partial charge in [-0.05, 0) is 55.6 Å². The Morgan fingerprint density at radius 3 is 2.47 bits per heavy atom. The number of benzene rings is 1. The lowest BCUT2D eigenvalue weighted by molar-refractivity contribution is 0.448. The van der Waals surface area contributed by atoms with Crippen LogP contribution in [0.4, 0.5) is 0 Å². The molecule has 2 unspecified atom stereocenters. The Hall–Kier alpha value is -0.430. The van der Waals surface area contributed by atoms with Gasteiger partial charge in [-0.3, -0.25) is 0 Å². The van der Waals surface area contributed by atoms with Gasteiger partial charge in [-0.25, -0.2) is 8.42 Å². The van der Waals surface area contributed by atoms with E-state index in [4.69, 9.17) is 0 Å². The number of nitrogens with one attached hydrogen (secondary N) is 1. The zero-order valence-corrected chi connectivity index (χ0v) is 13.2. The van der Waals surface area contributed by atoms with E-state index in [1.807, 2.05) is 6.92 Å². The standard InChI is InChI=1S/C13H17BrN2O2S/c1-9-4-12(2-3-13(9)14)19(17,18)16-7-10-5-15-6-11(10)8-16/h2-4,10-11,15H,5-8H2,1H3. The van der Waals surface area contributed by atoms with Crippen molar-refractivity contribution in [2.75, 3.05) is 26.2 Å². The minimum atomic E-state index is -3.34. The molecule has 0 aliphatic carbocycles. The summed E-state index contributed by atoms with van der Waals surface area (Å²) in [7, 11) is -3.34. The molecule has 0 saturated carbocycles. The molecule has 4 nitrogen and oxygen atoms in total. The Balaban J connectivity index is 1.88. The molecular formula is C13H17BrN2O2S. The van der Waals surface area contributed by atoms with Crippen molar-refractivity contribution in [3.63, 3.8) is 0 Å². The van der Waals surface area contributed by atoms with Gasteiger partial charge in [-0.1, -0.05) is 15.9 Å². The minimum Gasteiger partial charge on any atom is -0.316 e. The van der Waals surface area contributed by atoms with Crippen molar-refractivity contribution >= 4 is 26.0 Å². The first-order valence-corrected chi connectivity index (χ1v) is 8.69. The van der Waals surface area contributed by atoms with E-state index in [-0.39, 0.29) is 0 Å². The van der Waals surface area contributed by atoms with E-state index in [0.717, 1.165) is 23.1 Å². The van der Waals surface area contributed by atoms with Crippen molar-refractivity contribution in [3.05, 3.63) is 28.2 Å². The third kappa shape index (κ3) is 2.35. The molecule has 19 heavy (non-hydrogen) atoms. The van der Waals surface area contributed by atoms with E-state index in [2.05, 4.69) is 21.2 Å². The van der Waals surface area contributed by atoms with Crippen LogP contribution in [0.3, 0.4) is 0 Å². The summed E-state index contributed by atoms with van der Waals surface area (Å²) in [4.78, 5) is 0.404. The van der Waals surface area contributed by atoms with Crippen LogP contribution >= 0.6 is 15.9 Å². The monoisotopic (exact) mass is 344 g/mol. The summed E-state index contributed by atoms with van der Waals surface area (Å²) < 4.78 is 27.8. The van der Waals surface area contributed by atoms with Crippen LogP contribution in [0.2, 0.25) is 0 Å². The first-order valence-electron chi connectivity index (χ1n) is 6.45. The first-order chi connectivity index (χ1) is 8.98. The molecule has 3 rings (SSSR count). The molecule has 0 amide bonds. The highest BCUT2D eigenvalue weighted by Crippen LogP contribution is 2.31. The van der Waals surface area contributed by atoms with Crippen molar-refractivity contribution in [3.8, 4) is 0 Å². The van der Waals surface area contributed by atoms with Crippen LogP contribution in [0, 0.1) is 18.8 Å². The average Bonchev–Trinajstić information content (AvgIpc) is 2.93. The topological polar surface area (TPSA) is 49.4 Å². The van der Waals surface area contributed by atoms with E-state index in [1.54, 1.807) is 22.5 Å². The van der Waals surface area contributed by atoms with Gasteiger partial charge in [0.2, 0.25) is 10.0 Å². The summed E-state index contributed by atoms with van der Waals surface area (Å²) in [5, 5.41) is 3.32. The molecular weight excluding hydrogens is 328 g/mol. The summed E-state index contributed by atoms with van der Waals surface area (Å²) in [6.45, 7) is 5.09. The summed E-state index contributed by atoms with van der Waals surface area (Å²) in [5.74, 6) is 0.956. The Kier molecular flexibility index (Phi) is 3.45. The molecule has 104 valence electrons. The average molecular weight is 345 g/mol. The smallest absolute Gasteiger partial charge is 0.243 e. The molecule has 1 aromatic carbocycles. The molecule has 1 N–H and O–H groups in total. The molecule has 0 bridgehead atoms. The number of aryl methyl sites for hydroxylation is 1. The van der Waals surface area contributed by atoms with Crippen LogP contribution < -0.4 is 5.32 Å². The largest absolute Gasteiger partial charge is 0.316 e. The van der Waals surface area contributed by atoms with Crippen molar-refractivity contribution in [2.45, 2.75) is 11.8 Å². The van der Waals surface area contributed by atoms with Crippen LogP contribution in [-0.2, 0) is 10.0 Å². The number of hydrogen-bond acceptors (Lipinski definition) is 3. The summed E-state index contributed by atoms with van der Waals surface area (Å²) in [6.07, 6.45) is 0. The highest BCUT2D eigenvalue weighted by molar-refractivity contribution is 9.10. The van der Waals surface area contributed by atoms with Crippen molar-refractivity contribution in [1.82, 2.24) is 9.62 Å². The van der Waals surface area contributed by atoms with Gasteiger partial charge >= 0.3 is 0 Å². The van der Waals surface area contributed by atoms with Gasteiger partial charge in [0.25, 0.3) is 0 Å². The molecule has 0 aromatic heterocycles. The Morgan fingerprint density at radius 2 is 1.89 bits per heavy atom. The zero-order chi connectivity index (χ0) is 13.6. The van der Waals surface area contributed by atoms with Crippen molar-refractivity contribution in [1.29, 1.82) is 0 Å². The van der Waals surface area contributed by atoms with Crippen LogP contribution in [0.5, 0.6) is 0 Å². The lowest BCUT2D eigenvalue weighted by atomic mass is 10.0. The van der Waals surface area contributed by atoms with Crippen LogP contribution in [0.1, 0.15) is 5.56 Å². The maximum absolute atomic E-state index is 12.6. The maximum Gasteiger partial charge on any atom is 0.243 e. The summed E-state index contributed by atoms with van der Waals surface area (Å²) in [5.41, 5.74) is 0.946. The highest BCUT2D eigenvalue weighted by atomic mass is 79.9. The predicted octanol–water partition coefficient (Wildman–Crippen LogP) is 1.60. The Labute approximate surface area is 122 Å². The molecule has 6 heteroatoms. The Morgan fingerprint density at radius 1 is 1.26 bits per heavy atom. The van der Waals surface area contributed by atoms with Gasteiger partial charge in [0.15, 0.2) is 0 Å². The lowest BCUT2D eigenvalue weighted by Gasteiger charge is -2.18. The van der Waals surface area contributed by atoms with E-state index in [0.29, 0.717) is 29.8 Å². The molecule has 2 aliphatic heterocycles. The third-order valence-corrected chi connectivity index (χ3v) is 6.84. The molecule has 1 aromatic rings. The van der Waals surface area contributed by atoms with Crippen molar-refractivity contribution < 1.29 is 8.42 Å². The van der Waals surface area contributed by atoms with E-state index >= 15 is 0 Å². The fraction of sp³-hybridized carbons (Fsp3) is 0.538. The second-order valence-corrected chi connectivity index (χ2v) is 8.20. The molecule has 0 radical (unpaired) electrons. The molecule has 2 fully saturated rings. The van der Waals surface area contributed by atoms with Crippen LogP contribution in [-0.4, -0.2) is 38.9 Å². The first kappa shape index (κ1) is 13.5. The maximum atomic E-state index is 12.6. The van der Waals surface area contributed by atoms with E-state index in [9.17, 15) is 8.42 Å². The Bertz CT molecular complexity index is 591. The van der Waals surface area contributed by atoms with Gasteiger partial charge in [0.1, 0.15) is 0 Å². The minimum absolute atomic E-state index is 0.404. The number of hydrogen-bond donors (Lipinski definition) is 1. The number of halogens is 1.